The lowest BCUT2D eigenvalue weighted by molar-refractivity contribution is -0.0500. The topological polar surface area (TPSA) is 21.3 Å². The Bertz CT molecular complexity index is 382. The van der Waals surface area contributed by atoms with Crippen molar-refractivity contribution in [3.63, 3.8) is 0 Å². The van der Waals surface area contributed by atoms with E-state index < -0.39 is 0 Å². The van der Waals surface area contributed by atoms with Crippen LogP contribution in [0.15, 0.2) is 24.3 Å². The highest BCUT2D eigenvalue weighted by atomic mass is 19.1. The first kappa shape index (κ1) is 14.5. The number of methoxy groups -OCH3 is 1. The molecule has 2 rings (SSSR count). The molecule has 0 unspecified atom stereocenters. The van der Waals surface area contributed by atoms with Crippen LogP contribution in [0, 0.1) is 5.82 Å². The Hall–Kier alpha value is -0.930. The van der Waals surface area contributed by atoms with E-state index in [-0.39, 0.29) is 11.4 Å². The first-order valence-corrected chi connectivity index (χ1v) is 7.25. The molecule has 1 N–H and O–H groups in total. The van der Waals surface area contributed by atoms with Gasteiger partial charge < -0.3 is 10.1 Å². The molecular weight excluding hydrogens is 241 g/mol. The maximum absolute atomic E-state index is 13.0. The summed E-state index contributed by atoms with van der Waals surface area (Å²) in [6.07, 6.45) is 5.40. The van der Waals surface area contributed by atoms with Gasteiger partial charge in [0.25, 0.3) is 0 Å². The van der Waals surface area contributed by atoms with E-state index in [0.717, 1.165) is 37.8 Å². The molecule has 1 saturated carbocycles. The van der Waals surface area contributed by atoms with E-state index in [1.54, 1.807) is 7.11 Å². The maximum atomic E-state index is 13.0. The van der Waals surface area contributed by atoms with Gasteiger partial charge in [-0.15, -0.1) is 0 Å². The summed E-state index contributed by atoms with van der Waals surface area (Å²) >= 11 is 0. The van der Waals surface area contributed by atoms with E-state index in [9.17, 15) is 4.39 Å². The predicted molar refractivity (Wildman–Crippen MR) is 75.6 cm³/mol. The average molecular weight is 265 g/mol. The predicted octanol–water partition coefficient (Wildman–Crippen LogP) is 3.61. The van der Waals surface area contributed by atoms with Gasteiger partial charge in [-0.05, 0) is 56.3 Å². The zero-order valence-electron chi connectivity index (χ0n) is 11.9. The minimum absolute atomic E-state index is 0.187. The number of nitrogens with one attached hydrogen (secondary N) is 1. The van der Waals surface area contributed by atoms with Crippen LogP contribution in [0.1, 0.15) is 44.6 Å². The molecule has 1 aromatic rings. The molecule has 1 aliphatic carbocycles. The summed E-state index contributed by atoms with van der Waals surface area (Å²) in [6, 6.07) is 7.37. The van der Waals surface area contributed by atoms with Crippen LogP contribution in [0.5, 0.6) is 0 Å². The average Bonchev–Trinajstić information content (AvgIpc) is 2.46. The molecule has 0 spiro atoms. The monoisotopic (exact) mass is 265 g/mol. The Labute approximate surface area is 115 Å². The van der Waals surface area contributed by atoms with E-state index in [1.807, 2.05) is 12.1 Å². The molecule has 1 fully saturated rings. The summed E-state index contributed by atoms with van der Waals surface area (Å²) in [6.45, 7) is 3.27. The van der Waals surface area contributed by atoms with Crippen molar-refractivity contribution in [3.8, 4) is 0 Å². The van der Waals surface area contributed by atoms with Gasteiger partial charge in [0.2, 0.25) is 0 Å². The lowest BCUT2D eigenvalue weighted by atomic mass is 9.77. The molecule has 0 heterocycles. The quantitative estimate of drug-likeness (QED) is 0.878. The minimum Gasteiger partial charge on any atom is -0.374 e. The fourth-order valence-electron chi connectivity index (χ4n) is 3.00. The number of ether oxygens (including phenoxy) is 1. The van der Waals surface area contributed by atoms with Crippen LogP contribution in [-0.2, 0) is 10.3 Å². The normalized spacial score (nSPS) is 27.4. The van der Waals surface area contributed by atoms with Crippen molar-refractivity contribution in [3.05, 3.63) is 35.6 Å². The second-order valence-electron chi connectivity index (χ2n) is 5.43. The Balaban J connectivity index is 2.03. The van der Waals surface area contributed by atoms with Gasteiger partial charge in [0.15, 0.2) is 0 Å². The summed E-state index contributed by atoms with van der Waals surface area (Å²) in [5.74, 6) is -0.187. The molecule has 106 valence electrons. The number of halogens is 1. The van der Waals surface area contributed by atoms with Crippen molar-refractivity contribution in [1.29, 1.82) is 0 Å². The molecule has 0 saturated heterocycles. The summed E-state index contributed by atoms with van der Waals surface area (Å²) < 4.78 is 18.8. The van der Waals surface area contributed by atoms with Crippen LogP contribution in [0.25, 0.3) is 0 Å². The SMILES string of the molecule is CCCNC1CCC(OC)(c2ccc(F)cc2)CC1. The van der Waals surface area contributed by atoms with Crippen molar-refractivity contribution in [2.45, 2.75) is 50.7 Å². The molecule has 19 heavy (non-hydrogen) atoms. The lowest BCUT2D eigenvalue weighted by Gasteiger charge is -2.40. The number of benzene rings is 1. The Morgan fingerprint density at radius 1 is 1.26 bits per heavy atom. The van der Waals surface area contributed by atoms with Crippen LogP contribution in [0.2, 0.25) is 0 Å². The largest absolute Gasteiger partial charge is 0.374 e. The Kier molecular flexibility index (Phi) is 4.94. The summed E-state index contributed by atoms with van der Waals surface area (Å²) in [7, 11) is 1.77. The van der Waals surface area contributed by atoms with Gasteiger partial charge in [-0.2, -0.15) is 0 Å². The zero-order chi connectivity index (χ0) is 13.7. The van der Waals surface area contributed by atoms with Crippen molar-refractivity contribution >= 4 is 0 Å². The fraction of sp³-hybridized carbons (Fsp3) is 0.625. The standard InChI is InChI=1S/C16H24FNO/c1-3-12-18-15-8-10-16(19-2,11-9-15)13-4-6-14(17)7-5-13/h4-7,15,18H,3,8-12H2,1-2H3. The van der Waals surface area contributed by atoms with Gasteiger partial charge in [0, 0.05) is 13.2 Å². The van der Waals surface area contributed by atoms with Gasteiger partial charge in [0.1, 0.15) is 5.82 Å². The van der Waals surface area contributed by atoms with Crippen LogP contribution >= 0.6 is 0 Å². The van der Waals surface area contributed by atoms with Crippen molar-refractivity contribution < 1.29 is 9.13 Å². The van der Waals surface area contributed by atoms with Crippen molar-refractivity contribution in [2.24, 2.45) is 0 Å². The zero-order valence-corrected chi connectivity index (χ0v) is 11.9. The van der Waals surface area contributed by atoms with E-state index >= 15 is 0 Å². The third-order valence-electron chi connectivity index (χ3n) is 4.24. The molecule has 0 amide bonds. The third kappa shape index (κ3) is 3.34. The molecule has 0 aliphatic heterocycles. The third-order valence-corrected chi connectivity index (χ3v) is 4.24. The van der Waals surface area contributed by atoms with Crippen molar-refractivity contribution in [2.75, 3.05) is 13.7 Å². The number of hydrogen-bond acceptors (Lipinski definition) is 2. The molecule has 3 heteroatoms. The first-order valence-electron chi connectivity index (χ1n) is 7.25. The van der Waals surface area contributed by atoms with Crippen LogP contribution in [-0.4, -0.2) is 19.7 Å². The van der Waals surface area contributed by atoms with E-state index in [1.165, 1.54) is 18.6 Å². The van der Waals surface area contributed by atoms with Crippen LogP contribution in [0.4, 0.5) is 4.39 Å². The fourth-order valence-corrected chi connectivity index (χ4v) is 3.00. The highest BCUT2D eigenvalue weighted by molar-refractivity contribution is 5.24. The summed E-state index contributed by atoms with van der Waals surface area (Å²) in [5.41, 5.74) is 0.878. The number of hydrogen-bond donors (Lipinski definition) is 1. The van der Waals surface area contributed by atoms with Gasteiger partial charge in [-0.25, -0.2) is 4.39 Å². The molecule has 0 atom stereocenters. The van der Waals surface area contributed by atoms with Gasteiger partial charge >= 0.3 is 0 Å². The maximum Gasteiger partial charge on any atom is 0.123 e. The molecule has 1 aliphatic rings. The van der Waals surface area contributed by atoms with Crippen LogP contribution < -0.4 is 5.32 Å². The molecular formula is C16H24FNO. The first-order chi connectivity index (χ1) is 9.20. The minimum atomic E-state index is -0.224. The van der Waals surface area contributed by atoms with Crippen molar-refractivity contribution in [1.82, 2.24) is 5.32 Å². The molecule has 1 aromatic carbocycles. The van der Waals surface area contributed by atoms with E-state index in [2.05, 4.69) is 12.2 Å². The highest BCUT2D eigenvalue weighted by Crippen LogP contribution is 2.40. The molecule has 0 bridgehead atoms. The Morgan fingerprint density at radius 2 is 1.89 bits per heavy atom. The van der Waals surface area contributed by atoms with E-state index in [4.69, 9.17) is 4.74 Å². The Morgan fingerprint density at radius 3 is 2.42 bits per heavy atom. The lowest BCUT2D eigenvalue weighted by Crippen LogP contribution is -2.41. The second-order valence-corrected chi connectivity index (χ2v) is 5.43. The molecule has 2 nitrogen and oxygen atoms in total. The molecule has 0 aromatic heterocycles. The molecule has 0 radical (unpaired) electrons. The van der Waals surface area contributed by atoms with Crippen LogP contribution in [0.3, 0.4) is 0 Å². The second kappa shape index (κ2) is 6.49. The van der Waals surface area contributed by atoms with Gasteiger partial charge in [0.05, 0.1) is 5.60 Å². The van der Waals surface area contributed by atoms with Gasteiger partial charge in [-0.1, -0.05) is 19.1 Å². The van der Waals surface area contributed by atoms with E-state index in [0.29, 0.717) is 6.04 Å². The highest BCUT2D eigenvalue weighted by Gasteiger charge is 2.36. The van der Waals surface area contributed by atoms with Gasteiger partial charge in [-0.3, -0.25) is 0 Å². The number of rotatable bonds is 5. The smallest absolute Gasteiger partial charge is 0.123 e. The summed E-state index contributed by atoms with van der Waals surface area (Å²) in [4.78, 5) is 0. The summed E-state index contributed by atoms with van der Waals surface area (Å²) in [5, 5.41) is 3.58.